The Kier molecular flexibility index (Phi) is 2.32. The maximum absolute atomic E-state index is 12.5. The zero-order valence-electron chi connectivity index (χ0n) is 14.8. The molecule has 0 aromatic heterocycles. The number of hydrogen-bond donors (Lipinski definition) is 1. The van der Waals surface area contributed by atoms with Crippen LogP contribution in [-0.2, 0) is 0 Å². The lowest BCUT2D eigenvalue weighted by molar-refractivity contribution is 0.0936. The Bertz CT molecular complexity index is 566. The highest BCUT2D eigenvalue weighted by Gasteiger charge is 2.20. The van der Waals surface area contributed by atoms with Gasteiger partial charge in [-0.2, -0.15) is 0 Å². The van der Waals surface area contributed by atoms with Crippen LogP contribution in [-0.4, -0.2) is 17.3 Å². The lowest BCUT2D eigenvalue weighted by Gasteiger charge is -2.25. The zero-order valence-corrected chi connectivity index (χ0v) is 10.5. The fourth-order valence-corrected chi connectivity index (χ4v) is 1.38. The van der Waals surface area contributed by atoms with E-state index in [0.29, 0.717) is 0 Å². The fraction of sp³-hybridized carbons (Fsp3) is 0.462. The maximum atomic E-state index is 12.5. The average molecular weight is 245 g/mol. The Hall–Kier alpha value is -0.860. The molecule has 0 unspecified atom stereocenters. The van der Waals surface area contributed by atoms with Crippen molar-refractivity contribution in [2.45, 2.75) is 39.3 Å². The molecule has 1 rings (SSSR count). The van der Waals surface area contributed by atoms with Crippen molar-refractivity contribution in [3.63, 3.8) is 0 Å². The van der Waals surface area contributed by atoms with Crippen molar-refractivity contribution in [2.24, 2.45) is 0 Å². The van der Waals surface area contributed by atoms with Crippen LogP contribution in [0.4, 0.5) is 0 Å². The molecule has 0 radical (unpaired) electrons. The minimum Gasteiger partial charge on any atom is -0.303 e. The van der Waals surface area contributed by atoms with Gasteiger partial charge < -0.3 is 5.32 Å². The summed E-state index contributed by atoms with van der Waals surface area (Å²) in [6.07, 6.45) is 0. The minimum absolute atomic E-state index is 0.356. The number of carbonyl (C=O) groups is 1. The van der Waals surface area contributed by atoms with Gasteiger partial charge in [0.25, 0.3) is 0 Å². The van der Waals surface area contributed by atoms with E-state index < -0.39 is 47.1 Å². The third-order valence-corrected chi connectivity index (χ3v) is 1.91. The summed E-state index contributed by atoms with van der Waals surface area (Å²) in [5.74, 6) is -0.817. The van der Waals surface area contributed by atoms with E-state index in [-0.39, 0.29) is 5.02 Å². The standard InChI is InChI=1S/C13H18ClNO/c1-9(15-13(2,3)4)12(16)10-6-5-7-11(14)8-10/h5-9,15H,1-4H3/t9-/m0/s1/i5D,6D,7D,8D,9D. The van der Waals surface area contributed by atoms with E-state index in [4.69, 9.17) is 18.5 Å². The molecular weight excluding hydrogens is 222 g/mol. The summed E-state index contributed by atoms with van der Waals surface area (Å²) < 4.78 is 38.9. The molecule has 3 heteroatoms. The second-order valence-corrected chi connectivity index (χ2v) is 4.90. The summed E-state index contributed by atoms with van der Waals surface area (Å²) in [7, 11) is 0. The van der Waals surface area contributed by atoms with Gasteiger partial charge in [-0.1, -0.05) is 23.7 Å². The summed E-state index contributed by atoms with van der Waals surface area (Å²) in [4.78, 5) is 12.5. The van der Waals surface area contributed by atoms with E-state index in [1.165, 1.54) is 6.92 Å². The van der Waals surface area contributed by atoms with Crippen molar-refractivity contribution in [1.82, 2.24) is 5.32 Å². The Morgan fingerprint density at radius 3 is 2.75 bits per heavy atom. The van der Waals surface area contributed by atoms with Crippen LogP contribution in [0.5, 0.6) is 0 Å². The lowest BCUT2D eigenvalue weighted by Crippen LogP contribution is -2.46. The quantitative estimate of drug-likeness (QED) is 0.827. The van der Waals surface area contributed by atoms with Crippen molar-refractivity contribution in [3.05, 3.63) is 34.8 Å². The molecule has 0 aliphatic heterocycles. The van der Waals surface area contributed by atoms with E-state index in [1.54, 1.807) is 20.8 Å². The summed E-state index contributed by atoms with van der Waals surface area (Å²) in [5.41, 5.74) is -0.935. The molecule has 0 bridgehead atoms. The molecule has 0 saturated carbocycles. The number of rotatable bonds is 3. The van der Waals surface area contributed by atoms with Crippen LogP contribution >= 0.6 is 11.6 Å². The van der Waals surface area contributed by atoms with Gasteiger partial charge >= 0.3 is 0 Å². The molecule has 0 spiro atoms. The van der Waals surface area contributed by atoms with Gasteiger partial charge in [-0.15, -0.1) is 0 Å². The number of Topliss-reactive ketones (excluding diaryl/α,β-unsaturated/α-hetero) is 1. The normalized spacial score (nSPS) is 19.9. The number of benzene rings is 1. The number of ketones is 1. The highest BCUT2D eigenvalue weighted by atomic mass is 35.5. The van der Waals surface area contributed by atoms with Crippen LogP contribution in [0.1, 0.15) is 44.9 Å². The van der Waals surface area contributed by atoms with Gasteiger partial charge in [0.15, 0.2) is 5.78 Å². The smallest absolute Gasteiger partial charge is 0.179 e. The molecule has 2 nitrogen and oxygen atoms in total. The van der Waals surface area contributed by atoms with Gasteiger partial charge in [-0.3, -0.25) is 4.79 Å². The van der Waals surface area contributed by atoms with Crippen molar-refractivity contribution in [1.29, 1.82) is 0 Å². The van der Waals surface area contributed by atoms with E-state index >= 15 is 0 Å². The Morgan fingerprint density at radius 2 is 2.19 bits per heavy atom. The molecule has 16 heavy (non-hydrogen) atoms. The molecule has 1 N–H and O–H groups in total. The topological polar surface area (TPSA) is 29.1 Å². The third kappa shape index (κ3) is 3.95. The van der Waals surface area contributed by atoms with Crippen molar-refractivity contribution in [2.75, 3.05) is 0 Å². The van der Waals surface area contributed by atoms with Crippen molar-refractivity contribution in [3.8, 4) is 0 Å². The molecule has 88 valence electrons. The fourth-order valence-electron chi connectivity index (χ4n) is 1.24. The van der Waals surface area contributed by atoms with Gasteiger partial charge in [-0.25, -0.2) is 0 Å². The molecule has 0 aliphatic carbocycles. The first-order valence-corrected chi connectivity index (χ1v) is 5.27. The predicted octanol–water partition coefficient (Wildman–Crippen LogP) is 3.30. The van der Waals surface area contributed by atoms with E-state index in [9.17, 15) is 4.79 Å². The Labute approximate surface area is 109 Å². The summed E-state index contributed by atoms with van der Waals surface area (Å²) in [6.45, 7) is 6.68. The third-order valence-electron chi connectivity index (χ3n) is 1.72. The van der Waals surface area contributed by atoms with E-state index in [1.807, 2.05) is 0 Å². The largest absolute Gasteiger partial charge is 0.303 e. The van der Waals surface area contributed by atoms with Gasteiger partial charge in [0, 0.05) is 16.1 Å². The zero-order chi connectivity index (χ0) is 16.7. The molecule has 0 saturated heterocycles. The number of hydrogen-bond acceptors (Lipinski definition) is 2. The first-order valence-electron chi connectivity index (χ1n) is 7.39. The monoisotopic (exact) mass is 244 g/mol. The predicted molar refractivity (Wildman–Crippen MR) is 68.1 cm³/mol. The van der Waals surface area contributed by atoms with Crippen LogP contribution in [0.3, 0.4) is 0 Å². The minimum atomic E-state index is -1.77. The Morgan fingerprint density at radius 1 is 1.56 bits per heavy atom. The van der Waals surface area contributed by atoms with Crippen LogP contribution < -0.4 is 5.32 Å². The highest BCUT2D eigenvalue weighted by molar-refractivity contribution is 6.31. The van der Waals surface area contributed by atoms with E-state index in [0.717, 1.165) is 0 Å². The van der Waals surface area contributed by atoms with Crippen LogP contribution in [0.25, 0.3) is 0 Å². The van der Waals surface area contributed by atoms with E-state index in [2.05, 4.69) is 5.32 Å². The second-order valence-electron chi connectivity index (χ2n) is 4.52. The summed E-state index contributed by atoms with van der Waals surface area (Å²) in [5, 5.41) is 2.45. The summed E-state index contributed by atoms with van der Waals surface area (Å²) in [6, 6.07) is -3.79. The molecule has 1 atom stereocenters. The summed E-state index contributed by atoms with van der Waals surface area (Å²) >= 11 is 5.78. The number of halogens is 1. The van der Waals surface area contributed by atoms with Gasteiger partial charge in [0.1, 0.15) is 0 Å². The molecule has 1 aromatic carbocycles. The Balaban J connectivity index is 3.45. The maximum Gasteiger partial charge on any atom is 0.179 e. The van der Waals surface area contributed by atoms with Crippen molar-refractivity contribution < 1.29 is 11.6 Å². The number of carbonyl (C=O) groups excluding carboxylic acids is 1. The first-order chi connectivity index (χ1) is 9.29. The molecule has 0 heterocycles. The molecule has 0 aliphatic rings. The van der Waals surface area contributed by atoms with Crippen LogP contribution in [0.15, 0.2) is 24.2 Å². The first kappa shape index (κ1) is 7.46. The van der Waals surface area contributed by atoms with Gasteiger partial charge in [0.05, 0.1) is 12.9 Å². The van der Waals surface area contributed by atoms with Gasteiger partial charge in [0.2, 0.25) is 0 Å². The number of nitrogens with one attached hydrogen (secondary N) is 1. The molecular formula is C13H18ClNO. The van der Waals surface area contributed by atoms with Gasteiger partial charge in [-0.05, 0) is 39.8 Å². The average Bonchev–Trinajstić information content (AvgIpc) is 2.31. The second kappa shape index (κ2) is 4.98. The molecule has 0 amide bonds. The van der Waals surface area contributed by atoms with Crippen LogP contribution in [0.2, 0.25) is 5.02 Å². The molecule has 0 fully saturated rings. The van der Waals surface area contributed by atoms with Crippen molar-refractivity contribution >= 4 is 17.4 Å². The highest BCUT2D eigenvalue weighted by Crippen LogP contribution is 2.13. The lowest BCUT2D eigenvalue weighted by atomic mass is 10.0. The SMILES string of the molecule is [2H]c1c([2H])c(Cl)c([2H])c(C(=O)[C@]([2H])(C)NC(C)(C)C)c1[2H]. The van der Waals surface area contributed by atoms with Crippen LogP contribution in [0, 0.1) is 0 Å². The molecule has 1 aromatic rings.